The normalized spacial score (nSPS) is 12.4. The number of halogens is 1. The standard InChI is InChI=1S/C13H14ClN3/c14-11-3-1-10(2-4-11)12(15)7-9-5-6-17-13(16)8-9/h1-6,8,12H,7,15H2,(H2,16,17). The highest BCUT2D eigenvalue weighted by atomic mass is 35.5. The Hall–Kier alpha value is -1.58. The van der Waals surface area contributed by atoms with Crippen molar-refractivity contribution in [3.8, 4) is 0 Å². The molecule has 0 aliphatic rings. The van der Waals surface area contributed by atoms with E-state index in [4.69, 9.17) is 23.1 Å². The molecule has 0 amide bonds. The van der Waals surface area contributed by atoms with Crippen LogP contribution in [0.4, 0.5) is 5.82 Å². The van der Waals surface area contributed by atoms with Crippen LogP contribution in [0, 0.1) is 0 Å². The monoisotopic (exact) mass is 247 g/mol. The fourth-order valence-corrected chi connectivity index (χ4v) is 1.83. The SMILES string of the molecule is Nc1cc(CC(N)c2ccc(Cl)cc2)ccn1. The van der Waals surface area contributed by atoms with Crippen molar-refractivity contribution in [3.05, 3.63) is 58.7 Å². The summed E-state index contributed by atoms with van der Waals surface area (Å²) in [5, 5.41) is 0.717. The fourth-order valence-electron chi connectivity index (χ4n) is 1.70. The van der Waals surface area contributed by atoms with E-state index in [0.717, 1.165) is 17.5 Å². The molecular formula is C13H14ClN3. The number of rotatable bonds is 3. The van der Waals surface area contributed by atoms with Crippen molar-refractivity contribution in [1.29, 1.82) is 0 Å². The molecule has 2 rings (SSSR count). The summed E-state index contributed by atoms with van der Waals surface area (Å²) in [7, 11) is 0. The van der Waals surface area contributed by atoms with Crippen LogP contribution in [0.3, 0.4) is 0 Å². The minimum atomic E-state index is -0.0610. The first kappa shape index (κ1) is 11.9. The van der Waals surface area contributed by atoms with Crippen LogP contribution in [-0.4, -0.2) is 4.98 Å². The summed E-state index contributed by atoms with van der Waals surface area (Å²) in [5.74, 6) is 0.519. The molecule has 1 heterocycles. The van der Waals surface area contributed by atoms with Gasteiger partial charge in [0.2, 0.25) is 0 Å². The number of anilines is 1. The zero-order valence-electron chi connectivity index (χ0n) is 9.31. The molecule has 17 heavy (non-hydrogen) atoms. The van der Waals surface area contributed by atoms with E-state index in [9.17, 15) is 0 Å². The van der Waals surface area contributed by atoms with Crippen LogP contribution in [0.5, 0.6) is 0 Å². The number of hydrogen-bond acceptors (Lipinski definition) is 3. The molecule has 0 bridgehead atoms. The number of hydrogen-bond donors (Lipinski definition) is 2. The highest BCUT2D eigenvalue weighted by Crippen LogP contribution is 2.18. The minimum absolute atomic E-state index is 0.0610. The Morgan fingerprint density at radius 2 is 1.88 bits per heavy atom. The molecule has 1 unspecified atom stereocenters. The average molecular weight is 248 g/mol. The molecule has 0 aliphatic heterocycles. The first-order chi connectivity index (χ1) is 8.15. The molecule has 4 N–H and O–H groups in total. The maximum absolute atomic E-state index is 6.12. The van der Waals surface area contributed by atoms with Crippen molar-refractivity contribution in [1.82, 2.24) is 4.98 Å². The molecule has 2 aromatic rings. The first-order valence-electron chi connectivity index (χ1n) is 5.36. The van der Waals surface area contributed by atoms with Crippen LogP contribution in [0.25, 0.3) is 0 Å². The second-order valence-electron chi connectivity index (χ2n) is 3.95. The lowest BCUT2D eigenvalue weighted by Crippen LogP contribution is -2.13. The number of nitrogens with two attached hydrogens (primary N) is 2. The minimum Gasteiger partial charge on any atom is -0.384 e. The van der Waals surface area contributed by atoms with Crippen LogP contribution in [-0.2, 0) is 6.42 Å². The molecule has 1 atom stereocenters. The topological polar surface area (TPSA) is 64.9 Å². The lowest BCUT2D eigenvalue weighted by atomic mass is 10.0. The molecule has 1 aromatic heterocycles. The Labute approximate surface area is 105 Å². The number of aromatic nitrogens is 1. The highest BCUT2D eigenvalue weighted by Gasteiger charge is 2.07. The lowest BCUT2D eigenvalue weighted by Gasteiger charge is -2.12. The summed E-state index contributed by atoms with van der Waals surface area (Å²) in [6.07, 6.45) is 2.42. The van der Waals surface area contributed by atoms with Crippen LogP contribution in [0.2, 0.25) is 5.02 Å². The molecular weight excluding hydrogens is 234 g/mol. The van der Waals surface area contributed by atoms with Gasteiger partial charge >= 0.3 is 0 Å². The van der Waals surface area contributed by atoms with Crippen molar-refractivity contribution in [2.75, 3.05) is 5.73 Å². The average Bonchev–Trinajstić information content (AvgIpc) is 2.29. The van der Waals surface area contributed by atoms with E-state index in [2.05, 4.69) is 4.98 Å². The lowest BCUT2D eigenvalue weighted by molar-refractivity contribution is 0.721. The third-order valence-corrected chi connectivity index (χ3v) is 2.85. The van der Waals surface area contributed by atoms with Crippen molar-refractivity contribution in [2.24, 2.45) is 5.73 Å². The van der Waals surface area contributed by atoms with Gasteiger partial charge in [-0.05, 0) is 41.8 Å². The van der Waals surface area contributed by atoms with Crippen molar-refractivity contribution >= 4 is 17.4 Å². The first-order valence-corrected chi connectivity index (χ1v) is 5.74. The number of benzene rings is 1. The third kappa shape index (κ3) is 3.19. The van der Waals surface area contributed by atoms with Gasteiger partial charge in [0.1, 0.15) is 5.82 Å². The summed E-state index contributed by atoms with van der Waals surface area (Å²) in [6, 6.07) is 11.3. The van der Waals surface area contributed by atoms with E-state index in [-0.39, 0.29) is 6.04 Å². The van der Waals surface area contributed by atoms with Crippen LogP contribution in [0.15, 0.2) is 42.6 Å². The van der Waals surface area contributed by atoms with E-state index in [1.54, 1.807) is 6.20 Å². The van der Waals surface area contributed by atoms with Gasteiger partial charge in [-0.25, -0.2) is 4.98 Å². The van der Waals surface area contributed by atoms with Crippen molar-refractivity contribution < 1.29 is 0 Å². The number of nitrogen functional groups attached to an aromatic ring is 1. The van der Waals surface area contributed by atoms with Crippen molar-refractivity contribution in [3.63, 3.8) is 0 Å². The molecule has 0 saturated heterocycles. The van der Waals surface area contributed by atoms with Gasteiger partial charge in [-0.15, -0.1) is 0 Å². The zero-order valence-corrected chi connectivity index (χ0v) is 10.1. The molecule has 0 saturated carbocycles. The van der Waals surface area contributed by atoms with Crippen LogP contribution >= 0.6 is 11.6 Å². The van der Waals surface area contributed by atoms with Gasteiger partial charge in [0, 0.05) is 17.3 Å². The molecule has 0 aliphatic carbocycles. The van der Waals surface area contributed by atoms with E-state index < -0.39 is 0 Å². The Morgan fingerprint density at radius 1 is 1.18 bits per heavy atom. The fraction of sp³-hybridized carbons (Fsp3) is 0.154. The van der Waals surface area contributed by atoms with E-state index in [0.29, 0.717) is 10.8 Å². The number of pyridine rings is 1. The molecule has 4 heteroatoms. The largest absolute Gasteiger partial charge is 0.384 e. The van der Waals surface area contributed by atoms with Gasteiger partial charge in [0.05, 0.1) is 0 Å². The van der Waals surface area contributed by atoms with Crippen molar-refractivity contribution in [2.45, 2.75) is 12.5 Å². The Morgan fingerprint density at radius 3 is 2.53 bits per heavy atom. The van der Waals surface area contributed by atoms with Crippen LogP contribution in [0.1, 0.15) is 17.2 Å². The quantitative estimate of drug-likeness (QED) is 0.876. The molecule has 0 spiro atoms. The summed E-state index contributed by atoms with van der Waals surface area (Å²) in [5.41, 5.74) is 13.9. The highest BCUT2D eigenvalue weighted by molar-refractivity contribution is 6.30. The van der Waals surface area contributed by atoms with Crippen LogP contribution < -0.4 is 11.5 Å². The Bertz CT molecular complexity index is 496. The Kier molecular flexibility index (Phi) is 3.61. The summed E-state index contributed by atoms with van der Waals surface area (Å²) < 4.78 is 0. The summed E-state index contributed by atoms with van der Waals surface area (Å²) in [6.45, 7) is 0. The predicted octanol–water partition coefficient (Wildman–Crippen LogP) is 2.56. The molecule has 88 valence electrons. The van der Waals surface area contributed by atoms with Gasteiger partial charge in [0.25, 0.3) is 0 Å². The summed E-state index contributed by atoms with van der Waals surface area (Å²) in [4.78, 5) is 3.95. The van der Waals surface area contributed by atoms with E-state index >= 15 is 0 Å². The summed E-state index contributed by atoms with van der Waals surface area (Å²) >= 11 is 5.83. The zero-order chi connectivity index (χ0) is 12.3. The maximum atomic E-state index is 6.12. The van der Waals surface area contributed by atoms with E-state index in [1.165, 1.54) is 0 Å². The Balaban J connectivity index is 2.11. The third-order valence-electron chi connectivity index (χ3n) is 2.60. The predicted molar refractivity (Wildman–Crippen MR) is 70.7 cm³/mol. The van der Waals surface area contributed by atoms with E-state index in [1.807, 2.05) is 36.4 Å². The number of nitrogens with zero attached hydrogens (tertiary/aromatic N) is 1. The second-order valence-corrected chi connectivity index (χ2v) is 4.39. The van der Waals surface area contributed by atoms with Gasteiger partial charge in [-0.3, -0.25) is 0 Å². The second kappa shape index (κ2) is 5.17. The molecule has 0 fully saturated rings. The molecule has 1 aromatic carbocycles. The van der Waals surface area contributed by atoms with Gasteiger partial charge in [0.15, 0.2) is 0 Å². The van der Waals surface area contributed by atoms with Gasteiger partial charge in [-0.2, -0.15) is 0 Å². The smallest absolute Gasteiger partial charge is 0.123 e. The van der Waals surface area contributed by atoms with Gasteiger partial charge < -0.3 is 11.5 Å². The molecule has 3 nitrogen and oxygen atoms in total. The maximum Gasteiger partial charge on any atom is 0.123 e. The molecule has 0 radical (unpaired) electrons. The van der Waals surface area contributed by atoms with Gasteiger partial charge in [-0.1, -0.05) is 23.7 Å².